The molecule has 2 fully saturated rings. The van der Waals surface area contributed by atoms with E-state index in [2.05, 4.69) is 32.5 Å². The maximum absolute atomic E-state index is 5.28. The van der Waals surface area contributed by atoms with Gasteiger partial charge in [0.1, 0.15) is 0 Å². The van der Waals surface area contributed by atoms with Crippen molar-refractivity contribution >= 4 is 5.96 Å². The highest BCUT2D eigenvalue weighted by molar-refractivity contribution is 5.79. The third-order valence-electron chi connectivity index (χ3n) is 5.86. The fourth-order valence-corrected chi connectivity index (χ4v) is 3.84. The molecule has 0 bridgehead atoms. The molecule has 6 nitrogen and oxygen atoms in total. The Morgan fingerprint density at radius 2 is 1.96 bits per heavy atom. The Hall–Kier alpha value is -0.850. The zero-order valence-corrected chi connectivity index (χ0v) is 16.6. The lowest BCUT2D eigenvalue weighted by atomic mass is 9.67. The minimum atomic E-state index is 0.422. The maximum Gasteiger partial charge on any atom is 0.190 e. The highest BCUT2D eigenvalue weighted by atomic mass is 16.5. The van der Waals surface area contributed by atoms with Gasteiger partial charge in [-0.3, -0.25) is 4.99 Å². The summed E-state index contributed by atoms with van der Waals surface area (Å²) in [5, 5.41) is 7.02. The largest absolute Gasteiger partial charge is 0.385 e. The molecule has 0 aromatic rings. The van der Waals surface area contributed by atoms with E-state index in [0.29, 0.717) is 5.41 Å². The number of nitrogens with zero attached hydrogens (tertiary/aromatic N) is 3. The summed E-state index contributed by atoms with van der Waals surface area (Å²) < 4.78 is 5.28. The zero-order chi connectivity index (χ0) is 18.0. The van der Waals surface area contributed by atoms with Crippen molar-refractivity contribution in [1.29, 1.82) is 0 Å². The van der Waals surface area contributed by atoms with Crippen molar-refractivity contribution in [3.8, 4) is 0 Å². The van der Waals surface area contributed by atoms with Crippen molar-refractivity contribution in [2.75, 3.05) is 73.6 Å². The molecule has 0 amide bonds. The lowest BCUT2D eigenvalue weighted by Crippen LogP contribution is -2.47. The van der Waals surface area contributed by atoms with Crippen molar-refractivity contribution in [2.24, 2.45) is 10.4 Å². The van der Waals surface area contributed by atoms with Gasteiger partial charge in [-0.1, -0.05) is 6.42 Å². The molecule has 0 atom stereocenters. The number of ether oxygens (including phenoxy) is 1. The van der Waals surface area contributed by atoms with E-state index in [9.17, 15) is 0 Å². The van der Waals surface area contributed by atoms with Crippen LogP contribution in [0.15, 0.2) is 4.99 Å². The van der Waals surface area contributed by atoms with Crippen molar-refractivity contribution in [3.05, 3.63) is 0 Å². The van der Waals surface area contributed by atoms with Gasteiger partial charge in [0, 0.05) is 46.9 Å². The van der Waals surface area contributed by atoms with E-state index in [0.717, 1.165) is 32.1 Å². The van der Waals surface area contributed by atoms with Gasteiger partial charge in [0.05, 0.1) is 0 Å². The van der Waals surface area contributed by atoms with Crippen LogP contribution in [0, 0.1) is 5.41 Å². The molecule has 2 rings (SSSR count). The molecule has 6 heteroatoms. The van der Waals surface area contributed by atoms with Gasteiger partial charge in [0.2, 0.25) is 0 Å². The number of methoxy groups -OCH3 is 1. The lowest BCUT2D eigenvalue weighted by molar-refractivity contribution is 0.0732. The summed E-state index contributed by atoms with van der Waals surface area (Å²) in [6, 6.07) is 0. The molecule has 0 unspecified atom stereocenters. The summed E-state index contributed by atoms with van der Waals surface area (Å²) >= 11 is 0. The number of rotatable bonds is 9. The number of nitrogens with one attached hydrogen (secondary N) is 2. The molecule has 0 spiro atoms. The van der Waals surface area contributed by atoms with E-state index in [1.807, 2.05) is 7.05 Å². The van der Waals surface area contributed by atoms with Gasteiger partial charge < -0.3 is 25.2 Å². The van der Waals surface area contributed by atoms with Crippen LogP contribution >= 0.6 is 0 Å². The standard InChI is InChI=1S/C19H39N5O/c1-20-18(22-17-19(7-4-8-19)9-16-25-3)21-10-5-12-24-13-6-11-23(2)14-15-24/h4-17H2,1-3H3,(H2,20,21,22). The Morgan fingerprint density at radius 1 is 1.12 bits per heavy atom. The number of guanidine groups is 1. The monoisotopic (exact) mass is 353 g/mol. The van der Waals surface area contributed by atoms with Crippen LogP contribution in [0.2, 0.25) is 0 Å². The predicted molar refractivity (Wildman–Crippen MR) is 105 cm³/mol. The maximum atomic E-state index is 5.28. The molecule has 146 valence electrons. The van der Waals surface area contributed by atoms with Gasteiger partial charge in [0.15, 0.2) is 5.96 Å². The molecule has 0 aromatic carbocycles. The Bertz CT molecular complexity index is 397. The molecule has 1 saturated heterocycles. The number of hydrogen-bond acceptors (Lipinski definition) is 4. The minimum Gasteiger partial charge on any atom is -0.385 e. The number of hydrogen-bond donors (Lipinski definition) is 2. The van der Waals surface area contributed by atoms with Crippen LogP contribution in [0.1, 0.15) is 38.5 Å². The van der Waals surface area contributed by atoms with E-state index in [1.54, 1.807) is 7.11 Å². The van der Waals surface area contributed by atoms with Gasteiger partial charge in [-0.2, -0.15) is 0 Å². The van der Waals surface area contributed by atoms with Crippen molar-refractivity contribution in [1.82, 2.24) is 20.4 Å². The van der Waals surface area contributed by atoms with Crippen molar-refractivity contribution in [2.45, 2.75) is 38.5 Å². The summed E-state index contributed by atoms with van der Waals surface area (Å²) in [5.41, 5.74) is 0.422. The second-order valence-corrected chi connectivity index (χ2v) is 7.80. The first-order valence-corrected chi connectivity index (χ1v) is 10.0. The minimum absolute atomic E-state index is 0.422. The third kappa shape index (κ3) is 7.12. The Balaban J connectivity index is 1.60. The van der Waals surface area contributed by atoms with Crippen LogP contribution < -0.4 is 10.6 Å². The van der Waals surface area contributed by atoms with Gasteiger partial charge in [-0.15, -0.1) is 0 Å². The lowest BCUT2D eigenvalue weighted by Gasteiger charge is -2.42. The molecular formula is C19H39N5O. The fourth-order valence-electron chi connectivity index (χ4n) is 3.84. The van der Waals surface area contributed by atoms with Crippen molar-refractivity contribution < 1.29 is 4.74 Å². The molecule has 25 heavy (non-hydrogen) atoms. The first-order valence-electron chi connectivity index (χ1n) is 10.0. The average molecular weight is 354 g/mol. The topological polar surface area (TPSA) is 52.1 Å². The highest BCUT2D eigenvalue weighted by Gasteiger charge is 2.36. The molecule has 1 heterocycles. The smallest absolute Gasteiger partial charge is 0.190 e. The van der Waals surface area contributed by atoms with E-state index in [1.165, 1.54) is 64.8 Å². The van der Waals surface area contributed by atoms with Gasteiger partial charge in [0.25, 0.3) is 0 Å². The number of likely N-dealkylation sites (N-methyl/N-ethyl adjacent to an activating group) is 1. The molecule has 2 N–H and O–H groups in total. The third-order valence-corrected chi connectivity index (χ3v) is 5.86. The average Bonchev–Trinajstić information content (AvgIpc) is 2.79. The summed E-state index contributed by atoms with van der Waals surface area (Å²) in [6.07, 6.45) is 7.57. The molecule has 0 radical (unpaired) electrons. The predicted octanol–water partition coefficient (Wildman–Crippen LogP) is 1.39. The first kappa shape index (κ1) is 20.5. The molecule has 0 aromatic heterocycles. The summed E-state index contributed by atoms with van der Waals surface area (Å²) in [4.78, 5) is 9.41. The summed E-state index contributed by atoms with van der Waals surface area (Å²) in [5.74, 6) is 0.944. The first-order chi connectivity index (χ1) is 12.2. The highest BCUT2D eigenvalue weighted by Crippen LogP contribution is 2.43. The fraction of sp³-hybridized carbons (Fsp3) is 0.947. The van der Waals surface area contributed by atoms with E-state index >= 15 is 0 Å². The number of aliphatic imine (C=N–C) groups is 1. The normalized spacial score (nSPS) is 22.3. The van der Waals surface area contributed by atoms with Gasteiger partial charge in [-0.05, 0) is 64.2 Å². The molecule has 2 aliphatic rings. The zero-order valence-electron chi connectivity index (χ0n) is 16.6. The second kappa shape index (κ2) is 11.0. The summed E-state index contributed by atoms with van der Waals surface area (Å²) in [6.45, 7) is 8.89. The Labute approximate surface area is 154 Å². The Morgan fingerprint density at radius 3 is 2.64 bits per heavy atom. The van der Waals surface area contributed by atoms with Crippen molar-refractivity contribution in [3.63, 3.8) is 0 Å². The molecular weight excluding hydrogens is 314 g/mol. The van der Waals surface area contributed by atoms with Gasteiger partial charge in [-0.25, -0.2) is 0 Å². The van der Waals surface area contributed by atoms with Crippen LogP contribution in [-0.2, 0) is 4.74 Å². The van der Waals surface area contributed by atoms with Crippen LogP contribution in [0.3, 0.4) is 0 Å². The second-order valence-electron chi connectivity index (χ2n) is 7.80. The molecule has 1 saturated carbocycles. The van der Waals surface area contributed by atoms with Crippen LogP contribution in [-0.4, -0.2) is 89.4 Å². The quantitative estimate of drug-likeness (QED) is 0.373. The van der Waals surface area contributed by atoms with Crippen LogP contribution in [0.5, 0.6) is 0 Å². The Kier molecular flexibility index (Phi) is 8.99. The van der Waals surface area contributed by atoms with Crippen LogP contribution in [0.25, 0.3) is 0 Å². The van der Waals surface area contributed by atoms with E-state index in [-0.39, 0.29) is 0 Å². The molecule has 1 aliphatic carbocycles. The molecule has 1 aliphatic heterocycles. The van der Waals surface area contributed by atoms with E-state index in [4.69, 9.17) is 4.74 Å². The van der Waals surface area contributed by atoms with Crippen LogP contribution in [0.4, 0.5) is 0 Å². The SMILES string of the molecule is CN=C(NCCCN1CCCN(C)CC1)NCC1(CCOC)CCC1. The van der Waals surface area contributed by atoms with Gasteiger partial charge >= 0.3 is 0 Å². The summed E-state index contributed by atoms with van der Waals surface area (Å²) in [7, 11) is 5.88. The van der Waals surface area contributed by atoms with E-state index < -0.39 is 0 Å².